The Labute approximate surface area is 127 Å². The molecule has 0 spiro atoms. The Morgan fingerprint density at radius 1 is 1.33 bits per heavy atom. The molecule has 3 nitrogen and oxygen atoms in total. The van der Waals surface area contributed by atoms with Gasteiger partial charge in [-0.25, -0.2) is 0 Å². The Bertz CT molecular complexity index is 504. The van der Waals surface area contributed by atoms with Gasteiger partial charge in [-0.2, -0.15) is 0 Å². The summed E-state index contributed by atoms with van der Waals surface area (Å²) in [5, 5.41) is 15.2. The lowest BCUT2D eigenvalue weighted by atomic mass is 9.54. The van der Waals surface area contributed by atoms with Crippen LogP contribution in [0.2, 0.25) is 0 Å². The zero-order chi connectivity index (χ0) is 14.9. The molecule has 1 aromatic rings. The van der Waals surface area contributed by atoms with E-state index < -0.39 is 5.60 Å². The molecule has 0 radical (unpaired) electrons. The van der Waals surface area contributed by atoms with Gasteiger partial charge in [0, 0.05) is 24.4 Å². The summed E-state index contributed by atoms with van der Waals surface area (Å²) in [6, 6.07) is 8.62. The smallest absolute Gasteiger partial charge is 0.0808 e. The van der Waals surface area contributed by atoms with Gasteiger partial charge in [0.2, 0.25) is 0 Å². The molecule has 1 aliphatic carbocycles. The van der Waals surface area contributed by atoms with E-state index in [0.717, 1.165) is 45.2 Å². The van der Waals surface area contributed by atoms with Gasteiger partial charge in [0.15, 0.2) is 0 Å². The number of piperidine rings is 1. The van der Waals surface area contributed by atoms with E-state index in [2.05, 4.69) is 36.5 Å². The summed E-state index contributed by atoms with van der Waals surface area (Å²) in [5.74, 6) is 0.279. The minimum atomic E-state index is -0.682. The first-order valence-electron chi connectivity index (χ1n) is 8.39. The molecule has 1 aromatic carbocycles. The predicted molar refractivity (Wildman–Crippen MR) is 86.3 cm³/mol. The lowest BCUT2D eigenvalue weighted by molar-refractivity contribution is -0.110. The molecule has 0 amide bonds. The molecule has 3 rings (SSSR count). The summed E-state index contributed by atoms with van der Waals surface area (Å²) in [5.41, 5.74) is 8.04. The first-order chi connectivity index (χ1) is 10.2. The third-order valence-corrected chi connectivity index (χ3v) is 6.00. The van der Waals surface area contributed by atoms with Crippen LogP contribution in [0.15, 0.2) is 24.3 Å². The Hall–Kier alpha value is -0.900. The summed E-state index contributed by atoms with van der Waals surface area (Å²) in [6.45, 7) is 4.51. The van der Waals surface area contributed by atoms with Crippen molar-refractivity contribution in [2.24, 2.45) is 11.7 Å². The van der Waals surface area contributed by atoms with E-state index in [-0.39, 0.29) is 11.3 Å². The van der Waals surface area contributed by atoms with E-state index in [0.29, 0.717) is 6.54 Å². The highest BCUT2D eigenvalue weighted by Gasteiger charge is 2.56. The number of hydrogen-bond acceptors (Lipinski definition) is 3. The van der Waals surface area contributed by atoms with E-state index in [1.807, 2.05) is 0 Å². The van der Waals surface area contributed by atoms with Gasteiger partial charge >= 0.3 is 0 Å². The molecule has 0 bridgehead atoms. The van der Waals surface area contributed by atoms with E-state index >= 15 is 0 Å². The first-order valence-corrected chi connectivity index (χ1v) is 8.39. The lowest BCUT2D eigenvalue weighted by Gasteiger charge is -2.55. The second-order valence-corrected chi connectivity index (χ2v) is 6.78. The second kappa shape index (κ2) is 5.71. The van der Waals surface area contributed by atoms with Crippen molar-refractivity contribution in [1.29, 1.82) is 0 Å². The van der Waals surface area contributed by atoms with Gasteiger partial charge in [-0.05, 0) is 49.8 Å². The normalized spacial score (nSPS) is 36.2. The molecule has 1 aliphatic heterocycles. The van der Waals surface area contributed by atoms with Crippen molar-refractivity contribution in [3.05, 3.63) is 35.4 Å². The molecule has 3 atom stereocenters. The van der Waals surface area contributed by atoms with Crippen LogP contribution in [-0.4, -0.2) is 30.3 Å². The van der Waals surface area contributed by atoms with Crippen LogP contribution < -0.4 is 11.1 Å². The first kappa shape index (κ1) is 15.0. The highest BCUT2D eigenvalue weighted by atomic mass is 16.3. The molecule has 3 unspecified atom stereocenters. The van der Waals surface area contributed by atoms with Crippen molar-refractivity contribution < 1.29 is 5.11 Å². The molecule has 2 aliphatic rings. The van der Waals surface area contributed by atoms with Crippen LogP contribution >= 0.6 is 0 Å². The highest BCUT2D eigenvalue weighted by Crippen LogP contribution is 2.50. The fraction of sp³-hybridized carbons (Fsp3) is 0.667. The van der Waals surface area contributed by atoms with Crippen molar-refractivity contribution in [2.45, 2.75) is 50.0 Å². The Balaban J connectivity index is 2.12. The quantitative estimate of drug-likeness (QED) is 0.797. The lowest BCUT2D eigenvalue weighted by Crippen LogP contribution is -2.65. The third kappa shape index (κ3) is 2.14. The third-order valence-electron chi connectivity index (χ3n) is 6.00. The number of nitrogens with two attached hydrogens (primary N) is 1. The monoisotopic (exact) mass is 288 g/mol. The summed E-state index contributed by atoms with van der Waals surface area (Å²) in [6.07, 6.45) is 5.04. The summed E-state index contributed by atoms with van der Waals surface area (Å²) in [7, 11) is 0. The summed E-state index contributed by atoms with van der Waals surface area (Å²) in [4.78, 5) is 0. The van der Waals surface area contributed by atoms with Crippen molar-refractivity contribution in [1.82, 2.24) is 5.32 Å². The van der Waals surface area contributed by atoms with Gasteiger partial charge < -0.3 is 16.2 Å². The summed E-state index contributed by atoms with van der Waals surface area (Å²) < 4.78 is 0. The minimum absolute atomic E-state index is 0.273. The fourth-order valence-electron chi connectivity index (χ4n) is 4.80. The molecular formula is C18H28N2O. The predicted octanol–water partition coefficient (Wildman–Crippen LogP) is 1.97. The van der Waals surface area contributed by atoms with Crippen LogP contribution in [0.4, 0.5) is 0 Å². The highest BCUT2D eigenvalue weighted by molar-refractivity contribution is 5.41. The maximum absolute atomic E-state index is 11.7. The fourth-order valence-corrected chi connectivity index (χ4v) is 4.80. The van der Waals surface area contributed by atoms with Crippen molar-refractivity contribution >= 4 is 0 Å². The molecule has 21 heavy (non-hydrogen) atoms. The zero-order valence-corrected chi connectivity index (χ0v) is 13.1. The SMILES string of the molecule is CCC1CNCCC1(O)C1(CN)CCCc2ccccc21. The maximum atomic E-state index is 11.7. The van der Waals surface area contributed by atoms with E-state index in [1.165, 1.54) is 11.1 Å². The number of nitrogens with one attached hydrogen (secondary N) is 1. The van der Waals surface area contributed by atoms with Gasteiger partial charge in [-0.15, -0.1) is 0 Å². The number of hydrogen-bond donors (Lipinski definition) is 3. The van der Waals surface area contributed by atoms with E-state index in [4.69, 9.17) is 5.73 Å². The Kier molecular flexibility index (Phi) is 4.08. The van der Waals surface area contributed by atoms with Crippen LogP contribution in [0, 0.1) is 5.92 Å². The topological polar surface area (TPSA) is 58.3 Å². The zero-order valence-electron chi connectivity index (χ0n) is 13.1. The average Bonchev–Trinajstić information content (AvgIpc) is 2.54. The van der Waals surface area contributed by atoms with Gasteiger partial charge in [0.1, 0.15) is 0 Å². The van der Waals surface area contributed by atoms with Crippen LogP contribution in [0.25, 0.3) is 0 Å². The molecule has 4 N–H and O–H groups in total. The van der Waals surface area contributed by atoms with Crippen LogP contribution in [-0.2, 0) is 11.8 Å². The van der Waals surface area contributed by atoms with Crippen LogP contribution in [0.1, 0.15) is 43.7 Å². The van der Waals surface area contributed by atoms with Crippen molar-refractivity contribution in [3.8, 4) is 0 Å². The van der Waals surface area contributed by atoms with E-state index in [1.54, 1.807) is 0 Å². The molecule has 0 aromatic heterocycles. The van der Waals surface area contributed by atoms with Gasteiger partial charge in [0.05, 0.1) is 5.60 Å². The standard InChI is InChI=1S/C18H28N2O/c1-2-15-12-20-11-10-18(15,21)17(13-19)9-5-7-14-6-3-4-8-16(14)17/h3-4,6,8,15,20-21H,2,5,7,9-13,19H2,1H3. The Morgan fingerprint density at radius 3 is 2.90 bits per heavy atom. The molecule has 116 valence electrons. The molecule has 1 saturated heterocycles. The van der Waals surface area contributed by atoms with Gasteiger partial charge in [-0.3, -0.25) is 0 Å². The number of rotatable bonds is 3. The van der Waals surface area contributed by atoms with Crippen molar-refractivity contribution in [3.63, 3.8) is 0 Å². The number of aryl methyl sites for hydroxylation is 1. The molecule has 3 heteroatoms. The number of benzene rings is 1. The summed E-state index contributed by atoms with van der Waals surface area (Å²) >= 11 is 0. The maximum Gasteiger partial charge on any atom is 0.0808 e. The average molecular weight is 288 g/mol. The minimum Gasteiger partial charge on any atom is -0.389 e. The molecular weight excluding hydrogens is 260 g/mol. The van der Waals surface area contributed by atoms with Gasteiger partial charge in [-0.1, -0.05) is 31.2 Å². The van der Waals surface area contributed by atoms with Crippen LogP contribution in [0.3, 0.4) is 0 Å². The van der Waals surface area contributed by atoms with Crippen LogP contribution in [0.5, 0.6) is 0 Å². The van der Waals surface area contributed by atoms with Crippen molar-refractivity contribution in [2.75, 3.05) is 19.6 Å². The molecule has 1 fully saturated rings. The van der Waals surface area contributed by atoms with Gasteiger partial charge in [0.25, 0.3) is 0 Å². The second-order valence-electron chi connectivity index (χ2n) is 6.78. The molecule has 1 heterocycles. The Morgan fingerprint density at radius 2 is 2.14 bits per heavy atom. The number of aliphatic hydroxyl groups is 1. The largest absolute Gasteiger partial charge is 0.389 e. The van der Waals surface area contributed by atoms with E-state index in [9.17, 15) is 5.11 Å². The molecule has 0 saturated carbocycles. The number of fused-ring (bicyclic) bond motifs is 1.